The van der Waals surface area contributed by atoms with E-state index in [9.17, 15) is 14.0 Å². The summed E-state index contributed by atoms with van der Waals surface area (Å²) in [5.74, 6) is -2.50. The molecular weight excluding hydrogens is 380 g/mol. The van der Waals surface area contributed by atoms with Gasteiger partial charge in [-0.25, -0.2) is 9.18 Å². The van der Waals surface area contributed by atoms with Crippen molar-refractivity contribution in [3.05, 3.63) is 62.8 Å². The van der Waals surface area contributed by atoms with Crippen molar-refractivity contribution in [2.45, 2.75) is 13.0 Å². The lowest BCUT2D eigenvalue weighted by Crippen LogP contribution is -2.30. The topological polar surface area (TPSA) is 55.4 Å². The lowest BCUT2D eigenvalue weighted by atomic mass is 10.2. The fourth-order valence-electron chi connectivity index (χ4n) is 1.84. The van der Waals surface area contributed by atoms with Crippen LogP contribution in [0.25, 0.3) is 0 Å². The predicted molar refractivity (Wildman–Crippen MR) is 91.4 cm³/mol. The number of carbonyl (C=O) groups is 2. The van der Waals surface area contributed by atoms with Crippen molar-refractivity contribution >= 4 is 52.4 Å². The first kappa shape index (κ1) is 18.5. The Labute approximate surface area is 152 Å². The van der Waals surface area contributed by atoms with E-state index in [1.54, 1.807) is 0 Å². The minimum atomic E-state index is -1.19. The average molecular weight is 391 g/mol. The molecule has 0 aliphatic carbocycles. The van der Waals surface area contributed by atoms with Crippen LogP contribution in [-0.4, -0.2) is 18.0 Å². The van der Waals surface area contributed by atoms with Gasteiger partial charge in [-0.15, -0.1) is 0 Å². The van der Waals surface area contributed by atoms with Crippen LogP contribution in [0.1, 0.15) is 17.3 Å². The molecule has 0 radical (unpaired) electrons. The summed E-state index contributed by atoms with van der Waals surface area (Å²) in [7, 11) is 0. The van der Waals surface area contributed by atoms with Crippen LogP contribution in [0.5, 0.6) is 0 Å². The van der Waals surface area contributed by atoms with Gasteiger partial charge in [0.2, 0.25) is 0 Å². The minimum Gasteiger partial charge on any atom is -0.449 e. The summed E-state index contributed by atoms with van der Waals surface area (Å²) >= 11 is 17.5. The molecule has 4 nitrogen and oxygen atoms in total. The first-order valence-corrected chi connectivity index (χ1v) is 7.83. The van der Waals surface area contributed by atoms with Gasteiger partial charge in [0.25, 0.3) is 5.91 Å². The van der Waals surface area contributed by atoms with Crippen molar-refractivity contribution in [1.82, 2.24) is 0 Å². The molecule has 1 atom stereocenters. The fourth-order valence-corrected chi connectivity index (χ4v) is 2.60. The third-order valence-corrected chi connectivity index (χ3v) is 3.70. The minimum absolute atomic E-state index is 0.103. The van der Waals surface area contributed by atoms with Crippen LogP contribution in [0.2, 0.25) is 15.1 Å². The molecular formula is C16H11Cl3FNO3. The molecule has 2 aromatic carbocycles. The third kappa shape index (κ3) is 4.60. The molecule has 2 rings (SSSR count). The molecule has 8 heteroatoms. The third-order valence-electron chi connectivity index (χ3n) is 2.95. The van der Waals surface area contributed by atoms with Crippen molar-refractivity contribution in [2.75, 3.05) is 5.32 Å². The van der Waals surface area contributed by atoms with Gasteiger partial charge in [0.15, 0.2) is 6.10 Å². The molecule has 0 heterocycles. The monoisotopic (exact) mass is 389 g/mol. The molecule has 0 aliphatic heterocycles. The van der Waals surface area contributed by atoms with E-state index in [2.05, 4.69) is 5.32 Å². The van der Waals surface area contributed by atoms with Crippen LogP contribution < -0.4 is 5.32 Å². The number of amides is 1. The number of nitrogens with one attached hydrogen (secondary N) is 1. The molecule has 2 aromatic rings. The van der Waals surface area contributed by atoms with Gasteiger partial charge in [0.05, 0.1) is 5.02 Å². The van der Waals surface area contributed by atoms with E-state index < -0.39 is 29.4 Å². The molecule has 0 saturated heterocycles. The van der Waals surface area contributed by atoms with Crippen molar-refractivity contribution in [3.8, 4) is 0 Å². The van der Waals surface area contributed by atoms with Crippen LogP contribution in [0.15, 0.2) is 36.4 Å². The van der Waals surface area contributed by atoms with E-state index >= 15 is 0 Å². The molecule has 0 bridgehead atoms. The zero-order valence-electron chi connectivity index (χ0n) is 12.3. The highest BCUT2D eigenvalue weighted by atomic mass is 35.5. The van der Waals surface area contributed by atoms with Crippen LogP contribution in [0.3, 0.4) is 0 Å². The second-order valence-corrected chi connectivity index (χ2v) is 6.07. The van der Waals surface area contributed by atoms with Crippen molar-refractivity contribution < 1.29 is 18.7 Å². The summed E-state index contributed by atoms with van der Waals surface area (Å²) in [5.41, 5.74) is -0.0889. The maximum Gasteiger partial charge on any atom is 0.343 e. The standard InChI is InChI=1S/C16H11Cl3FNO3/c1-8(15(22)21-11-6-9(17)5-10(18)7-11)24-16(23)14-12(19)3-2-4-13(14)20/h2-8H,1H3,(H,21,22)/t8-/m0/s1. The van der Waals surface area contributed by atoms with Gasteiger partial charge in [0.1, 0.15) is 11.4 Å². The first-order chi connectivity index (χ1) is 11.3. The van der Waals surface area contributed by atoms with Gasteiger partial charge in [-0.1, -0.05) is 40.9 Å². The average Bonchev–Trinajstić information content (AvgIpc) is 2.45. The van der Waals surface area contributed by atoms with Gasteiger partial charge in [-0.2, -0.15) is 0 Å². The molecule has 1 N–H and O–H groups in total. The quantitative estimate of drug-likeness (QED) is 0.750. The highest BCUT2D eigenvalue weighted by Gasteiger charge is 2.23. The van der Waals surface area contributed by atoms with Crippen LogP contribution in [0.4, 0.5) is 10.1 Å². The van der Waals surface area contributed by atoms with E-state index in [1.807, 2.05) is 0 Å². The van der Waals surface area contributed by atoms with Crippen LogP contribution in [0, 0.1) is 5.82 Å². The Bertz CT molecular complexity index is 758. The van der Waals surface area contributed by atoms with Crippen LogP contribution in [-0.2, 0) is 9.53 Å². The number of hydrogen-bond donors (Lipinski definition) is 1. The molecule has 0 fully saturated rings. The normalized spacial score (nSPS) is 11.7. The summed E-state index contributed by atoms with van der Waals surface area (Å²) in [6.45, 7) is 1.34. The molecule has 24 heavy (non-hydrogen) atoms. The van der Waals surface area contributed by atoms with E-state index in [-0.39, 0.29) is 5.02 Å². The zero-order chi connectivity index (χ0) is 17.9. The zero-order valence-corrected chi connectivity index (χ0v) is 14.5. The van der Waals surface area contributed by atoms with E-state index in [0.29, 0.717) is 15.7 Å². The van der Waals surface area contributed by atoms with Gasteiger partial charge in [0, 0.05) is 15.7 Å². The maximum atomic E-state index is 13.7. The largest absolute Gasteiger partial charge is 0.449 e. The predicted octanol–water partition coefficient (Wildman–Crippen LogP) is 4.97. The Kier molecular flexibility index (Phi) is 6.04. The number of benzene rings is 2. The van der Waals surface area contributed by atoms with Gasteiger partial charge in [-0.05, 0) is 37.3 Å². The highest BCUT2D eigenvalue weighted by molar-refractivity contribution is 6.35. The number of hydrogen-bond acceptors (Lipinski definition) is 3. The molecule has 126 valence electrons. The van der Waals surface area contributed by atoms with Crippen LogP contribution >= 0.6 is 34.8 Å². The van der Waals surface area contributed by atoms with Gasteiger partial charge in [-0.3, -0.25) is 4.79 Å². The Morgan fingerprint density at radius 2 is 1.75 bits per heavy atom. The number of esters is 1. The Balaban J connectivity index is 2.07. The first-order valence-electron chi connectivity index (χ1n) is 6.70. The number of carbonyl (C=O) groups excluding carboxylic acids is 2. The molecule has 1 amide bonds. The molecule has 0 aromatic heterocycles. The van der Waals surface area contributed by atoms with Gasteiger partial charge < -0.3 is 10.1 Å². The van der Waals surface area contributed by atoms with E-state index in [4.69, 9.17) is 39.5 Å². The number of halogens is 4. The summed E-state index contributed by atoms with van der Waals surface area (Å²) in [6.07, 6.45) is -1.19. The Morgan fingerprint density at radius 1 is 1.12 bits per heavy atom. The van der Waals surface area contributed by atoms with Crippen molar-refractivity contribution in [2.24, 2.45) is 0 Å². The number of anilines is 1. The SMILES string of the molecule is C[C@H](OC(=O)c1c(F)cccc1Cl)C(=O)Nc1cc(Cl)cc(Cl)c1. The van der Waals surface area contributed by atoms with E-state index in [0.717, 1.165) is 6.07 Å². The highest BCUT2D eigenvalue weighted by Crippen LogP contribution is 2.23. The summed E-state index contributed by atoms with van der Waals surface area (Å²) < 4.78 is 18.6. The molecule has 0 unspecified atom stereocenters. The summed E-state index contributed by atoms with van der Waals surface area (Å²) in [4.78, 5) is 24.1. The Morgan fingerprint density at radius 3 is 2.33 bits per heavy atom. The van der Waals surface area contributed by atoms with E-state index in [1.165, 1.54) is 37.3 Å². The number of rotatable bonds is 4. The summed E-state index contributed by atoms with van der Waals surface area (Å²) in [5, 5.41) is 3.06. The lowest BCUT2D eigenvalue weighted by molar-refractivity contribution is -0.123. The second kappa shape index (κ2) is 7.83. The second-order valence-electron chi connectivity index (χ2n) is 4.79. The smallest absolute Gasteiger partial charge is 0.343 e. The molecule has 0 spiro atoms. The number of ether oxygens (including phenoxy) is 1. The lowest BCUT2D eigenvalue weighted by Gasteiger charge is -2.14. The van der Waals surface area contributed by atoms with Crippen molar-refractivity contribution in [3.63, 3.8) is 0 Å². The summed E-state index contributed by atoms with van der Waals surface area (Å²) in [6, 6.07) is 8.23. The van der Waals surface area contributed by atoms with Crippen molar-refractivity contribution in [1.29, 1.82) is 0 Å². The Hall–Kier alpha value is -1.82. The maximum absolute atomic E-state index is 13.7. The molecule has 0 aliphatic rings. The molecule has 0 saturated carbocycles. The fraction of sp³-hybridized carbons (Fsp3) is 0.125. The van der Waals surface area contributed by atoms with Gasteiger partial charge >= 0.3 is 5.97 Å².